The maximum Gasteiger partial charge on any atom is 0.196 e. The van der Waals surface area contributed by atoms with Crippen LogP contribution in [0.3, 0.4) is 0 Å². The maximum atomic E-state index is 13.9. The van der Waals surface area contributed by atoms with Gasteiger partial charge in [-0.3, -0.25) is 19.4 Å². The number of rotatable bonds is 5. The molecule has 3 aromatic carbocycles. The Balaban J connectivity index is 1.47. The van der Waals surface area contributed by atoms with E-state index < -0.39 is 5.54 Å². The number of carbonyl (C=O) groups is 2. The first kappa shape index (κ1) is 21.6. The first-order valence-electron chi connectivity index (χ1n) is 11.4. The highest BCUT2D eigenvalue weighted by atomic mass is 16.5. The van der Waals surface area contributed by atoms with Crippen LogP contribution in [-0.2, 0) is 12.1 Å². The van der Waals surface area contributed by atoms with Gasteiger partial charge in [-0.2, -0.15) is 0 Å². The molecule has 1 aliphatic heterocycles. The van der Waals surface area contributed by atoms with Gasteiger partial charge in [0.1, 0.15) is 5.75 Å². The van der Waals surface area contributed by atoms with Crippen molar-refractivity contribution in [1.82, 2.24) is 9.80 Å². The highest BCUT2D eigenvalue weighted by Gasteiger charge is 2.58. The summed E-state index contributed by atoms with van der Waals surface area (Å²) in [4.78, 5) is 32.3. The normalized spacial score (nSPS) is 18.4. The quantitative estimate of drug-likeness (QED) is 0.559. The second kappa shape index (κ2) is 8.58. The van der Waals surface area contributed by atoms with Crippen molar-refractivity contribution in [3.63, 3.8) is 0 Å². The lowest BCUT2D eigenvalue weighted by Gasteiger charge is -2.44. The first-order chi connectivity index (χ1) is 16.1. The van der Waals surface area contributed by atoms with Gasteiger partial charge in [-0.05, 0) is 35.7 Å². The number of benzene rings is 3. The van der Waals surface area contributed by atoms with Gasteiger partial charge in [-0.15, -0.1) is 0 Å². The van der Waals surface area contributed by atoms with Crippen LogP contribution in [0.15, 0.2) is 72.8 Å². The molecule has 1 aliphatic carbocycles. The Labute approximate surface area is 194 Å². The number of carbonyl (C=O) groups excluding carboxylic acids is 2. The third-order valence-electron chi connectivity index (χ3n) is 7.08. The monoisotopic (exact) mass is 440 g/mol. The van der Waals surface area contributed by atoms with Gasteiger partial charge in [0.2, 0.25) is 0 Å². The van der Waals surface area contributed by atoms with E-state index >= 15 is 0 Å². The molecule has 0 amide bonds. The molecule has 0 bridgehead atoms. The van der Waals surface area contributed by atoms with E-state index in [-0.39, 0.29) is 11.6 Å². The summed E-state index contributed by atoms with van der Waals surface area (Å²) in [6.07, 6.45) is 0. The Morgan fingerprint density at radius 1 is 0.788 bits per heavy atom. The zero-order valence-electron chi connectivity index (χ0n) is 19.1. The fourth-order valence-corrected chi connectivity index (χ4v) is 5.21. The van der Waals surface area contributed by atoms with E-state index in [1.165, 1.54) is 11.1 Å². The molecule has 2 aliphatic rings. The molecule has 3 aromatic rings. The summed E-state index contributed by atoms with van der Waals surface area (Å²) >= 11 is 0. The number of ketones is 2. The number of methoxy groups -OCH3 is 1. The third kappa shape index (κ3) is 3.48. The number of ether oxygens (including phenoxy) is 1. The molecule has 0 aromatic heterocycles. The van der Waals surface area contributed by atoms with Crippen LogP contribution < -0.4 is 4.74 Å². The molecule has 0 spiro atoms. The zero-order chi connectivity index (χ0) is 23.0. The van der Waals surface area contributed by atoms with Gasteiger partial charge in [0.15, 0.2) is 17.1 Å². The Bertz CT molecular complexity index is 1160. The topological polar surface area (TPSA) is 49.9 Å². The van der Waals surface area contributed by atoms with Crippen LogP contribution in [0.1, 0.15) is 37.4 Å². The molecule has 5 rings (SSSR count). The molecule has 1 fully saturated rings. The number of hydrogen-bond acceptors (Lipinski definition) is 5. The van der Waals surface area contributed by atoms with Crippen LogP contribution >= 0.6 is 0 Å². The molecular formula is C28H28N2O3. The van der Waals surface area contributed by atoms with Gasteiger partial charge in [-0.25, -0.2) is 0 Å². The molecule has 5 heteroatoms. The van der Waals surface area contributed by atoms with Gasteiger partial charge in [0.05, 0.1) is 7.11 Å². The van der Waals surface area contributed by atoms with Crippen molar-refractivity contribution in [2.45, 2.75) is 19.0 Å². The van der Waals surface area contributed by atoms with Crippen LogP contribution in [0.25, 0.3) is 0 Å². The lowest BCUT2D eigenvalue weighted by Crippen LogP contribution is -2.60. The summed E-state index contributed by atoms with van der Waals surface area (Å²) in [5.74, 6) is 0.452. The average Bonchev–Trinajstić information content (AvgIpc) is 3.09. The number of fused-ring (bicyclic) bond motifs is 1. The van der Waals surface area contributed by atoms with Crippen molar-refractivity contribution >= 4 is 11.6 Å². The minimum absolute atomic E-state index is 0.124. The number of nitrogens with zero attached hydrogens (tertiary/aromatic N) is 2. The summed E-state index contributed by atoms with van der Waals surface area (Å²) in [5, 5.41) is 0. The minimum Gasteiger partial charge on any atom is -0.497 e. The van der Waals surface area contributed by atoms with Crippen LogP contribution in [-0.4, -0.2) is 54.7 Å². The zero-order valence-corrected chi connectivity index (χ0v) is 19.1. The van der Waals surface area contributed by atoms with E-state index in [0.717, 1.165) is 19.6 Å². The van der Waals surface area contributed by atoms with E-state index in [0.29, 0.717) is 35.5 Å². The Kier molecular flexibility index (Phi) is 5.60. The molecule has 0 atom stereocenters. The fourth-order valence-electron chi connectivity index (χ4n) is 5.21. The number of hydrogen-bond donors (Lipinski definition) is 0. The molecule has 1 saturated heterocycles. The molecule has 0 radical (unpaired) electrons. The molecule has 0 N–H and O–H groups in total. The first-order valence-corrected chi connectivity index (χ1v) is 11.4. The summed E-state index contributed by atoms with van der Waals surface area (Å²) < 4.78 is 5.32. The highest BCUT2D eigenvalue weighted by molar-refractivity contribution is 6.32. The van der Waals surface area contributed by atoms with E-state index in [9.17, 15) is 9.59 Å². The minimum atomic E-state index is -1.31. The summed E-state index contributed by atoms with van der Waals surface area (Å²) in [7, 11) is 1.61. The van der Waals surface area contributed by atoms with Crippen molar-refractivity contribution in [3.05, 3.63) is 101 Å². The molecular weight excluding hydrogens is 412 g/mol. The molecule has 33 heavy (non-hydrogen) atoms. The number of Topliss-reactive ketones (excluding diaryl/α,β-unsaturated/α-hetero) is 2. The fraction of sp³-hybridized carbons (Fsp3) is 0.286. The van der Waals surface area contributed by atoms with Crippen molar-refractivity contribution in [2.24, 2.45) is 0 Å². The van der Waals surface area contributed by atoms with Crippen LogP contribution in [0, 0.1) is 6.92 Å². The average molecular weight is 441 g/mol. The molecule has 5 nitrogen and oxygen atoms in total. The van der Waals surface area contributed by atoms with E-state index in [1.807, 2.05) is 36.4 Å². The lowest BCUT2D eigenvalue weighted by atomic mass is 9.82. The molecule has 0 unspecified atom stereocenters. The van der Waals surface area contributed by atoms with Crippen LogP contribution in [0.4, 0.5) is 0 Å². The molecule has 0 saturated carbocycles. The van der Waals surface area contributed by atoms with E-state index in [1.54, 1.807) is 19.2 Å². The second-order valence-corrected chi connectivity index (χ2v) is 8.83. The largest absolute Gasteiger partial charge is 0.497 e. The maximum absolute atomic E-state index is 13.9. The summed E-state index contributed by atoms with van der Waals surface area (Å²) in [5.41, 5.74) is 3.02. The van der Waals surface area contributed by atoms with Crippen LogP contribution in [0.2, 0.25) is 0 Å². The van der Waals surface area contributed by atoms with Crippen molar-refractivity contribution in [1.29, 1.82) is 0 Å². The second-order valence-electron chi connectivity index (χ2n) is 8.83. The van der Waals surface area contributed by atoms with E-state index in [2.05, 4.69) is 41.0 Å². The predicted octanol–water partition coefficient (Wildman–Crippen LogP) is 4.10. The Hall–Kier alpha value is -3.28. The van der Waals surface area contributed by atoms with Crippen molar-refractivity contribution in [2.75, 3.05) is 33.3 Å². The predicted molar refractivity (Wildman–Crippen MR) is 128 cm³/mol. The highest BCUT2D eigenvalue weighted by Crippen LogP contribution is 2.43. The van der Waals surface area contributed by atoms with Gasteiger partial charge in [-0.1, -0.05) is 60.7 Å². The van der Waals surface area contributed by atoms with Gasteiger partial charge in [0, 0.05) is 43.9 Å². The summed E-state index contributed by atoms with van der Waals surface area (Å²) in [6.45, 7) is 5.88. The van der Waals surface area contributed by atoms with Crippen LogP contribution in [0.5, 0.6) is 5.75 Å². The standard InChI is InChI=1S/C28H28N2O3/c1-20-7-3-4-8-21(20)19-29-15-17-30(18-16-29)28(22-11-13-23(33-2)14-12-22)26(31)24-9-5-6-10-25(24)27(28)32/h3-14H,15-19H2,1-2H3. The smallest absolute Gasteiger partial charge is 0.196 e. The van der Waals surface area contributed by atoms with E-state index in [4.69, 9.17) is 4.74 Å². The Morgan fingerprint density at radius 2 is 1.36 bits per heavy atom. The third-order valence-corrected chi connectivity index (χ3v) is 7.08. The molecule has 168 valence electrons. The molecule has 1 heterocycles. The SMILES string of the molecule is COc1ccc(C2(N3CCN(Cc4ccccc4C)CC3)C(=O)c3ccccc3C2=O)cc1. The number of piperazine rings is 1. The van der Waals surface area contributed by atoms with Gasteiger partial charge >= 0.3 is 0 Å². The lowest BCUT2D eigenvalue weighted by molar-refractivity contribution is 0.0279. The van der Waals surface area contributed by atoms with Crippen molar-refractivity contribution < 1.29 is 14.3 Å². The number of aryl methyl sites for hydroxylation is 1. The van der Waals surface area contributed by atoms with Gasteiger partial charge < -0.3 is 4.74 Å². The van der Waals surface area contributed by atoms with Gasteiger partial charge in [0.25, 0.3) is 0 Å². The summed E-state index contributed by atoms with van der Waals surface area (Å²) in [6, 6.07) is 23.0. The Morgan fingerprint density at radius 3 is 1.94 bits per heavy atom. The van der Waals surface area contributed by atoms with Crippen molar-refractivity contribution in [3.8, 4) is 5.75 Å².